The van der Waals surface area contributed by atoms with Crippen LogP contribution in [-0.2, 0) is 9.47 Å². The lowest BCUT2D eigenvalue weighted by atomic mass is 10.6. The lowest BCUT2D eigenvalue weighted by molar-refractivity contribution is -0.0334. The van der Waals surface area contributed by atoms with E-state index in [-0.39, 0.29) is 0 Å². The number of hydrogen-bond donors (Lipinski definition) is 0. The predicted molar refractivity (Wildman–Crippen MR) is 50.1 cm³/mol. The van der Waals surface area contributed by atoms with Crippen LogP contribution in [0.3, 0.4) is 0 Å². The Labute approximate surface area is 74.6 Å². The fourth-order valence-electron chi connectivity index (χ4n) is 0.440. The van der Waals surface area contributed by atoms with Crippen molar-refractivity contribution in [3.8, 4) is 0 Å². The highest BCUT2D eigenvalue weighted by molar-refractivity contribution is 6.79. The van der Waals surface area contributed by atoms with Crippen molar-refractivity contribution in [1.29, 1.82) is 5.39 Å². The van der Waals surface area contributed by atoms with Gasteiger partial charge in [-0.2, -0.15) is 0 Å². The summed E-state index contributed by atoms with van der Waals surface area (Å²) in [6.07, 6.45) is 0. The molecule has 0 saturated carbocycles. The van der Waals surface area contributed by atoms with Gasteiger partial charge in [-0.25, -0.2) is 0 Å². The van der Waals surface area contributed by atoms with Gasteiger partial charge in [0.25, 0.3) is 0 Å². The molecule has 0 spiro atoms. The van der Waals surface area contributed by atoms with Gasteiger partial charge in [0.05, 0.1) is 26.4 Å². The van der Waals surface area contributed by atoms with Gasteiger partial charge in [-0.1, -0.05) is 0 Å². The Morgan fingerprint density at radius 3 is 1.33 bits per heavy atom. The molecule has 12 heavy (non-hydrogen) atoms. The average Bonchev–Trinajstić information content (AvgIpc) is 2.07. The second-order valence-corrected chi connectivity index (χ2v) is 8.04. The topological polar surface area (TPSA) is 46.6 Å². The average molecular weight is 189 g/mol. The molecule has 1 aliphatic heterocycles. The van der Waals surface area contributed by atoms with E-state index in [0.717, 1.165) is 26.4 Å². The number of hydrogen-bond acceptors (Lipinski definition) is 3. The van der Waals surface area contributed by atoms with Crippen molar-refractivity contribution in [3.05, 3.63) is 4.64 Å². The van der Waals surface area contributed by atoms with Crippen LogP contribution in [0, 0.1) is 5.39 Å². The van der Waals surface area contributed by atoms with Crippen LogP contribution in [0.5, 0.6) is 0 Å². The van der Waals surface area contributed by atoms with E-state index in [1.165, 1.54) is 0 Å². The van der Waals surface area contributed by atoms with E-state index >= 15 is 0 Å². The number of diazo groups is 1. The van der Waals surface area contributed by atoms with Crippen molar-refractivity contribution in [1.82, 2.24) is 0 Å². The van der Waals surface area contributed by atoms with Crippen LogP contribution in [0.4, 0.5) is 0 Å². The summed E-state index contributed by atoms with van der Waals surface area (Å²) in [7, 11) is -1.45. The Bertz CT molecular complexity index is 135. The van der Waals surface area contributed by atoms with Crippen molar-refractivity contribution < 1.29 is 9.47 Å². The van der Waals surface area contributed by atoms with Crippen LogP contribution < -0.4 is 0 Å². The molecule has 5 heteroatoms. The van der Waals surface area contributed by atoms with Gasteiger partial charge in [-0.15, -0.1) is 0 Å². The maximum Gasteiger partial charge on any atom is 0.556 e. The maximum atomic E-state index is 8.09. The molecule has 1 saturated heterocycles. The molecule has 0 atom stereocenters. The zero-order valence-corrected chi connectivity index (χ0v) is 9.04. The van der Waals surface area contributed by atoms with Crippen LogP contribution >= 0.6 is 0 Å². The van der Waals surface area contributed by atoms with Gasteiger partial charge in [0, 0.05) is 19.6 Å². The Hall–Kier alpha value is -0.443. The van der Waals surface area contributed by atoms with E-state index in [1.807, 2.05) is 19.6 Å². The number of nitrogens with zero attached hydrogens (tertiary/aromatic N) is 2. The Morgan fingerprint density at radius 1 is 1.00 bits per heavy atom. The van der Waals surface area contributed by atoms with Gasteiger partial charge in [0.1, 0.15) is 0 Å². The van der Waals surface area contributed by atoms with Crippen LogP contribution in [0.1, 0.15) is 0 Å². The van der Waals surface area contributed by atoms with E-state index in [1.54, 1.807) is 0 Å². The minimum absolute atomic E-state index is 0.778. The second kappa shape index (κ2) is 6.12. The molecule has 70 valence electrons. The predicted octanol–water partition coefficient (Wildman–Crippen LogP) is 1.71. The summed E-state index contributed by atoms with van der Waals surface area (Å²) < 4.78 is 13.0. The standard InChI is InChI=1S/C4H8O2.C3H9N2Si/c1-2-6-4-3-5-1;1-6(2,3)5-4/h1-4H2;1-3H3/q;+1. The molecule has 0 amide bonds. The van der Waals surface area contributed by atoms with E-state index in [2.05, 4.69) is 4.64 Å². The van der Waals surface area contributed by atoms with Gasteiger partial charge in [0.2, 0.25) is 0 Å². The van der Waals surface area contributed by atoms with Crippen molar-refractivity contribution in [3.63, 3.8) is 0 Å². The summed E-state index contributed by atoms with van der Waals surface area (Å²) >= 11 is 0. The smallest absolute Gasteiger partial charge is 0.377 e. The Kier molecular flexibility index (Phi) is 5.89. The first-order chi connectivity index (χ1) is 5.56. The van der Waals surface area contributed by atoms with Gasteiger partial charge >= 0.3 is 8.24 Å². The molecule has 0 aromatic heterocycles. The van der Waals surface area contributed by atoms with E-state index < -0.39 is 8.24 Å². The minimum atomic E-state index is -1.45. The minimum Gasteiger partial charge on any atom is -0.377 e. The molecule has 1 rings (SSSR count). The highest BCUT2D eigenvalue weighted by Crippen LogP contribution is 1.98. The quantitative estimate of drug-likeness (QED) is 0.430. The number of rotatable bonds is 0. The van der Waals surface area contributed by atoms with Crippen LogP contribution in [0.2, 0.25) is 19.6 Å². The van der Waals surface area contributed by atoms with E-state index in [0.29, 0.717) is 0 Å². The summed E-state index contributed by atoms with van der Waals surface area (Å²) in [5.41, 5.74) is 0. The van der Waals surface area contributed by atoms with Crippen molar-refractivity contribution in [2.24, 2.45) is 0 Å². The molecule has 0 aromatic carbocycles. The third kappa shape index (κ3) is 9.56. The zero-order valence-electron chi connectivity index (χ0n) is 8.04. The molecule has 0 radical (unpaired) electrons. The molecule has 0 N–H and O–H groups in total. The first-order valence-electron chi connectivity index (χ1n) is 4.08. The molecule has 0 aromatic rings. The molecule has 0 bridgehead atoms. The third-order valence-electron chi connectivity index (χ3n) is 1.04. The summed E-state index contributed by atoms with van der Waals surface area (Å²) in [6.45, 7) is 9.01. The summed E-state index contributed by atoms with van der Waals surface area (Å²) in [4.78, 5) is 0. The molecule has 0 aliphatic carbocycles. The molecule has 1 aliphatic rings. The maximum absolute atomic E-state index is 8.09. The fourth-order valence-corrected chi connectivity index (χ4v) is 0.440. The first kappa shape index (κ1) is 11.6. The Balaban J connectivity index is 0.000000202. The highest BCUT2D eigenvalue weighted by atomic mass is 28.3. The summed E-state index contributed by atoms with van der Waals surface area (Å²) in [6, 6.07) is 0. The Morgan fingerprint density at radius 2 is 1.25 bits per heavy atom. The largest absolute Gasteiger partial charge is 0.556 e. The molecule has 0 unspecified atom stereocenters. The molecular weight excluding hydrogens is 172 g/mol. The second-order valence-electron chi connectivity index (χ2n) is 3.50. The lowest BCUT2D eigenvalue weighted by Gasteiger charge is -2.09. The van der Waals surface area contributed by atoms with Gasteiger partial charge in [0.15, 0.2) is 5.39 Å². The summed E-state index contributed by atoms with van der Waals surface area (Å²) in [5.74, 6) is 0. The van der Waals surface area contributed by atoms with Crippen molar-refractivity contribution in [2.45, 2.75) is 19.6 Å². The van der Waals surface area contributed by atoms with Crippen LogP contribution in [-0.4, -0.2) is 34.7 Å². The third-order valence-corrected chi connectivity index (χ3v) is 1.64. The first-order valence-corrected chi connectivity index (χ1v) is 7.53. The number of ether oxygens (including phenoxy) is 2. The SMILES string of the molecule is C1COCCO1.C[Si](C)(C)[N+]#N. The fraction of sp³-hybridized carbons (Fsp3) is 1.00. The normalized spacial score (nSPS) is 17.2. The monoisotopic (exact) mass is 189 g/mol. The zero-order chi connectivity index (χ0) is 9.45. The molecule has 1 fully saturated rings. The molecule has 4 nitrogen and oxygen atoms in total. The highest BCUT2D eigenvalue weighted by Gasteiger charge is 2.32. The van der Waals surface area contributed by atoms with Crippen molar-refractivity contribution >= 4 is 8.24 Å². The molecular formula is C7H17N2O2Si+. The van der Waals surface area contributed by atoms with Gasteiger partial charge < -0.3 is 9.47 Å². The van der Waals surface area contributed by atoms with Gasteiger partial charge in [-0.3, -0.25) is 0 Å². The van der Waals surface area contributed by atoms with Crippen LogP contribution in [0.15, 0.2) is 0 Å². The van der Waals surface area contributed by atoms with Gasteiger partial charge in [-0.05, 0) is 4.64 Å². The van der Waals surface area contributed by atoms with Crippen LogP contribution in [0.25, 0.3) is 4.64 Å². The van der Waals surface area contributed by atoms with Crippen molar-refractivity contribution in [2.75, 3.05) is 26.4 Å². The molecule has 1 heterocycles. The van der Waals surface area contributed by atoms with E-state index in [4.69, 9.17) is 14.9 Å². The summed E-state index contributed by atoms with van der Waals surface area (Å²) in [5, 5.41) is 8.09. The lowest BCUT2D eigenvalue weighted by Crippen LogP contribution is -2.16. The van der Waals surface area contributed by atoms with E-state index in [9.17, 15) is 0 Å².